The Labute approximate surface area is 173 Å². The Hall–Kier alpha value is -2.22. The molecule has 0 saturated heterocycles. The predicted molar refractivity (Wildman–Crippen MR) is 114 cm³/mol. The number of primary amides is 1. The number of rotatable bonds is 7. The highest BCUT2D eigenvalue weighted by Gasteiger charge is 2.19. The number of amides is 1. The number of carbonyl (C=O) groups is 1. The molecule has 3 rings (SSSR count). The lowest BCUT2D eigenvalue weighted by Crippen LogP contribution is -2.23. The van der Waals surface area contributed by atoms with E-state index in [1.54, 1.807) is 23.5 Å². The highest BCUT2D eigenvalue weighted by atomic mass is 35.5. The van der Waals surface area contributed by atoms with Crippen molar-refractivity contribution in [3.05, 3.63) is 45.1 Å². The van der Waals surface area contributed by atoms with Gasteiger partial charge in [0.05, 0.1) is 17.5 Å². The van der Waals surface area contributed by atoms with E-state index in [9.17, 15) is 4.79 Å². The van der Waals surface area contributed by atoms with Crippen molar-refractivity contribution in [2.45, 2.75) is 34.2 Å². The maximum atomic E-state index is 11.8. The van der Waals surface area contributed by atoms with Gasteiger partial charge in [-0.05, 0) is 50.7 Å². The fourth-order valence-electron chi connectivity index (χ4n) is 2.93. The lowest BCUT2D eigenvalue weighted by molar-refractivity contribution is 0.0998. The molecule has 28 heavy (non-hydrogen) atoms. The molecule has 2 heterocycles. The minimum Gasteiger partial charge on any atom is -0.437 e. The van der Waals surface area contributed by atoms with Crippen LogP contribution in [-0.2, 0) is 6.54 Å². The second kappa shape index (κ2) is 8.43. The topological polar surface area (TPSA) is 81.3 Å². The average Bonchev–Trinajstić information content (AvgIpc) is 2.95. The highest BCUT2D eigenvalue weighted by Crippen LogP contribution is 2.37. The lowest BCUT2D eigenvalue weighted by Gasteiger charge is -2.17. The van der Waals surface area contributed by atoms with E-state index in [1.807, 2.05) is 13.8 Å². The molecule has 2 aromatic heterocycles. The number of carbonyl (C=O) groups excluding carboxylic acids is 1. The summed E-state index contributed by atoms with van der Waals surface area (Å²) in [5.41, 5.74) is 6.79. The van der Waals surface area contributed by atoms with E-state index < -0.39 is 5.91 Å². The number of ether oxygens (including phenoxy) is 1. The molecule has 0 spiro atoms. The van der Waals surface area contributed by atoms with Gasteiger partial charge >= 0.3 is 0 Å². The number of benzene rings is 1. The molecule has 0 fully saturated rings. The van der Waals surface area contributed by atoms with Gasteiger partial charge in [-0.3, -0.25) is 9.69 Å². The van der Waals surface area contributed by atoms with Crippen LogP contribution < -0.4 is 10.5 Å². The molecule has 1 aromatic carbocycles. The molecule has 0 aliphatic carbocycles. The van der Waals surface area contributed by atoms with Crippen molar-refractivity contribution in [1.29, 1.82) is 0 Å². The summed E-state index contributed by atoms with van der Waals surface area (Å²) in [7, 11) is 0. The lowest BCUT2D eigenvalue weighted by atomic mass is 10.2. The Bertz CT molecular complexity index is 1030. The van der Waals surface area contributed by atoms with E-state index in [1.165, 1.54) is 6.07 Å². The van der Waals surface area contributed by atoms with Gasteiger partial charge in [-0.25, -0.2) is 4.98 Å². The van der Waals surface area contributed by atoms with Crippen LogP contribution >= 0.6 is 22.9 Å². The molecule has 8 heteroatoms. The summed E-state index contributed by atoms with van der Waals surface area (Å²) in [5.74, 6) is 0.833. The number of aryl methyl sites for hydroxylation is 2. The molecule has 148 valence electrons. The number of fused-ring (bicyclic) bond motifs is 1. The van der Waals surface area contributed by atoms with Crippen LogP contribution in [0.15, 0.2) is 18.2 Å². The number of aromatic nitrogens is 2. The van der Waals surface area contributed by atoms with Crippen molar-refractivity contribution in [3.8, 4) is 11.6 Å². The summed E-state index contributed by atoms with van der Waals surface area (Å²) in [6.07, 6.45) is 0. The van der Waals surface area contributed by atoms with Crippen LogP contribution in [0.3, 0.4) is 0 Å². The van der Waals surface area contributed by atoms with Gasteiger partial charge in [-0.15, -0.1) is 11.3 Å². The van der Waals surface area contributed by atoms with Crippen LogP contribution in [0.5, 0.6) is 11.6 Å². The van der Waals surface area contributed by atoms with Gasteiger partial charge in [-0.1, -0.05) is 25.4 Å². The molecule has 0 atom stereocenters. The van der Waals surface area contributed by atoms with Crippen LogP contribution in [0.2, 0.25) is 5.02 Å². The van der Waals surface area contributed by atoms with Gasteiger partial charge in [-0.2, -0.15) is 4.98 Å². The smallest absolute Gasteiger partial charge is 0.252 e. The van der Waals surface area contributed by atoms with Crippen molar-refractivity contribution >= 4 is 39.1 Å². The van der Waals surface area contributed by atoms with Gasteiger partial charge in [0, 0.05) is 9.90 Å². The molecule has 0 bridgehead atoms. The number of hydrogen-bond donors (Lipinski definition) is 1. The van der Waals surface area contributed by atoms with Crippen LogP contribution in [0, 0.1) is 13.8 Å². The Balaban J connectivity index is 2.12. The third-order valence-electron chi connectivity index (χ3n) is 4.71. The maximum Gasteiger partial charge on any atom is 0.252 e. The largest absolute Gasteiger partial charge is 0.437 e. The molecule has 2 N–H and O–H groups in total. The Morgan fingerprint density at radius 1 is 1.25 bits per heavy atom. The normalized spacial score (nSPS) is 11.4. The standard InChI is InChI=1S/C20H23ClN4O2S/c1-5-25(6-2)10-16-23-19(17-11(3)12(4)28-20(17)24-16)27-15-8-7-13(21)9-14(15)18(22)26/h7-9H,5-6,10H2,1-4H3,(H2,22,26). The first-order valence-electron chi connectivity index (χ1n) is 9.10. The molecule has 0 radical (unpaired) electrons. The van der Waals surface area contributed by atoms with Gasteiger partial charge in [0.2, 0.25) is 5.88 Å². The predicted octanol–water partition coefficient (Wildman–Crippen LogP) is 4.69. The summed E-state index contributed by atoms with van der Waals surface area (Å²) in [6.45, 7) is 10.7. The molecule has 0 aliphatic heterocycles. The first-order valence-corrected chi connectivity index (χ1v) is 10.3. The number of halogens is 1. The molecule has 0 saturated carbocycles. The summed E-state index contributed by atoms with van der Waals surface area (Å²) in [5, 5.41) is 1.27. The third kappa shape index (κ3) is 4.11. The second-order valence-corrected chi connectivity index (χ2v) is 8.12. The van der Waals surface area contributed by atoms with Crippen LogP contribution in [0.25, 0.3) is 10.2 Å². The number of nitrogens with zero attached hydrogens (tertiary/aromatic N) is 3. The van der Waals surface area contributed by atoms with E-state index in [0.29, 0.717) is 29.0 Å². The fraction of sp³-hybridized carbons (Fsp3) is 0.350. The van der Waals surface area contributed by atoms with Crippen molar-refractivity contribution in [3.63, 3.8) is 0 Å². The monoisotopic (exact) mass is 418 g/mol. The molecular formula is C20H23ClN4O2S. The van der Waals surface area contributed by atoms with Gasteiger partial charge in [0.15, 0.2) is 0 Å². The van der Waals surface area contributed by atoms with Gasteiger partial charge in [0.25, 0.3) is 5.91 Å². The van der Waals surface area contributed by atoms with Crippen LogP contribution in [0.4, 0.5) is 0 Å². The van der Waals surface area contributed by atoms with Crippen molar-refractivity contribution < 1.29 is 9.53 Å². The van der Waals surface area contributed by atoms with Gasteiger partial charge in [0.1, 0.15) is 16.4 Å². The summed E-state index contributed by atoms with van der Waals surface area (Å²) >= 11 is 7.62. The first kappa shape index (κ1) is 20.5. The third-order valence-corrected chi connectivity index (χ3v) is 6.05. The molecule has 0 unspecified atom stereocenters. The quantitative estimate of drug-likeness (QED) is 0.601. The zero-order chi connectivity index (χ0) is 20.4. The summed E-state index contributed by atoms with van der Waals surface area (Å²) in [4.78, 5) is 25.5. The molecule has 0 aliphatic rings. The molecule has 6 nitrogen and oxygen atoms in total. The van der Waals surface area contributed by atoms with Crippen molar-refractivity contribution in [2.24, 2.45) is 5.73 Å². The number of hydrogen-bond acceptors (Lipinski definition) is 6. The van der Waals surface area contributed by atoms with E-state index >= 15 is 0 Å². The Kier molecular flexibility index (Phi) is 6.17. The zero-order valence-electron chi connectivity index (χ0n) is 16.4. The van der Waals surface area contributed by atoms with E-state index in [4.69, 9.17) is 27.1 Å². The number of thiophene rings is 1. The van der Waals surface area contributed by atoms with Gasteiger partial charge < -0.3 is 10.5 Å². The molecule has 1 amide bonds. The summed E-state index contributed by atoms with van der Waals surface area (Å²) < 4.78 is 6.10. The van der Waals surface area contributed by atoms with E-state index in [2.05, 4.69) is 23.7 Å². The highest BCUT2D eigenvalue weighted by molar-refractivity contribution is 7.18. The second-order valence-electron chi connectivity index (χ2n) is 6.48. The minimum absolute atomic E-state index is 0.217. The van der Waals surface area contributed by atoms with Crippen LogP contribution in [0.1, 0.15) is 40.5 Å². The van der Waals surface area contributed by atoms with Crippen molar-refractivity contribution in [2.75, 3.05) is 13.1 Å². The first-order chi connectivity index (χ1) is 13.3. The minimum atomic E-state index is -0.607. The SMILES string of the molecule is CCN(CC)Cc1nc(Oc2ccc(Cl)cc2C(N)=O)c2c(C)c(C)sc2n1. The van der Waals surface area contributed by atoms with Crippen molar-refractivity contribution in [1.82, 2.24) is 14.9 Å². The molecular weight excluding hydrogens is 396 g/mol. The fourth-order valence-corrected chi connectivity index (χ4v) is 4.15. The Morgan fingerprint density at radius 3 is 2.61 bits per heavy atom. The molecule has 3 aromatic rings. The summed E-state index contributed by atoms with van der Waals surface area (Å²) in [6, 6.07) is 4.79. The number of nitrogens with two attached hydrogens (primary N) is 1. The van der Waals surface area contributed by atoms with E-state index in [-0.39, 0.29) is 5.56 Å². The maximum absolute atomic E-state index is 11.8. The Morgan fingerprint density at radius 2 is 1.96 bits per heavy atom. The van der Waals surface area contributed by atoms with Crippen LogP contribution in [-0.4, -0.2) is 33.9 Å². The average molecular weight is 419 g/mol. The van der Waals surface area contributed by atoms with E-state index in [0.717, 1.165) is 33.7 Å². The zero-order valence-corrected chi connectivity index (χ0v) is 17.9.